The molecule has 3 rings (SSSR count). The minimum atomic E-state index is -0.548. The lowest BCUT2D eigenvalue weighted by atomic mass is 10.2. The lowest BCUT2D eigenvalue weighted by Crippen LogP contribution is -2.31. The van der Waals surface area contributed by atoms with Crippen molar-refractivity contribution in [3.8, 4) is 0 Å². The van der Waals surface area contributed by atoms with Crippen molar-refractivity contribution in [3.63, 3.8) is 0 Å². The summed E-state index contributed by atoms with van der Waals surface area (Å²) >= 11 is 0. The van der Waals surface area contributed by atoms with Crippen molar-refractivity contribution in [2.75, 3.05) is 45.9 Å². The molecule has 5 amide bonds. The molecule has 0 aliphatic carbocycles. The maximum atomic E-state index is 12.0. The Morgan fingerprint density at radius 3 is 1.84 bits per heavy atom. The molecule has 2 aromatic heterocycles. The molecule has 0 saturated carbocycles. The fourth-order valence-electron chi connectivity index (χ4n) is 5.55. The van der Waals surface area contributed by atoms with Gasteiger partial charge in [0.2, 0.25) is 29.5 Å². The average Bonchev–Trinajstić information content (AvgIpc) is 3.85. The number of hydrogen-bond acceptors (Lipinski definition) is 14. The molecule has 2 aromatic rings. The Labute approximate surface area is 325 Å². The summed E-state index contributed by atoms with van der Waals surface area (Å²) in [6.07, 6.45) is 9.97. The van der Waals surface area contributed by atoms with Crippen LogP contribution in [0.1, 0.15) is 109 Å². The predicted octanol–water partition coefficient (Wildman–Crippen LogP) is 0.712. The van der Waals surface area contributed by atoms with Gasteiger partial charge in [0.1, 0.15) is 6.23 Å². The van der Waals surface area contributed by atoms with Crippen molar-refractivity contribution < 1.29 is 49.4 Å². The summed E-state index contributed by atoms with van der Waals surface area (Å²) in [5, 5.41) is 45.1. The van der Waals surface area contributed by atoms with Gasteiger partial charge in [-0.3, -0.25) is 49.0 Å². The third kappa shape index (κ3) is 18.4. The first-order valence-electron chi connectivity index (χ1n) is 19.2. The summed E-state index contributed by atoms with van der Waals surface area (Å²) in [5.74, 6) is -2.05. The van der Waals surface area contributed by atoms with Gasteiger partial charge < -0.3 is 31.2 Å². The number of aromatic nitrogens is 4. The summed E-state index contributed by atoms with van der Waals surface area (Å²) in [4.78, 5) is 80.5. The van der Waals surface area contributed by atoms with Gasteiger partial charge in [-0.1, -0.05) is 6.42 Å². The molecule has 0 unspecified atom stereocenters. The Hall–Kier alpha value is -4.54. The standard InChI is InChI=1S/C25H48N6O8.C10H12N4O3/c1-21(32)29(37)18-9-3-6-16-27-22(33)12-14-25(36)31(39)20-10-4-7-17-28-23(34)11-13-24(35)30(38)19-8-2-5-15-26;15-3-6-1-2-7(17-6)14-5-13-8-9(14)11-4-12-10(8)16/h37-39H,2-20,26H2,1H3,(H,27,33)(H,28,34);4-7,15H,1-3H2,(H,11,12,16)/t;6-,7+/m.0/s1. The first-order valence-corrected chi connectivity index (χ1v) is 19.2. The van der Waals surface area contributed by atoms with Crippen LogP contribution in [0.25, 0.3) is 11.2 Å². The number of nitrogens with zero attached hydrogens (tertiary/aromatic N) is 6. The Morgan fingerprint density at radius 1 is 0.804 bits per heavy atom. The van der Waals surface area contributed by atoms with Crippen LogP contribution in [0.15, 0.2) is 17.4 Å². The number of rotatable bonds is 25. The molecule has 56 heavy (non-hydrogen) atoms. The first-order chi connectivity index (χ1) is 26.9. The zero-order valence-electron chi connectivity index (χ0n) is 32.3. The molecule has 0 bridgehead atoms. The second kappa shape index (κ2) is 27.1. The summed E-state index contributed by atoms with van der Waals surface area (Å²) < 4.78 is 7.36. The van der Waals surface area contributed by atoms with E-state index in [0.717, 1.165) is 32.1 Å². The summed E-state index contributed by atoms with van der Waals surface area (Å²) in [6.45, 7) is 3.23. The second-order valence-electron chi connectivity index (χ2n) is 13.4. The SMILES string of the molecule is CC(=O)N(O)CCCCCNC(=O)CCC(=O)N(O)CCCCCNC(=O)CCC(=O)N(O)CCCCCN.O=c1[nH]cnc2c1ncn2[C@H]1CC[C@@H](CO)O1. The molecule has 1 fully saturated rings. The van der Waals surface area contributed by atoms with E-state index in [9.17, 15) is 44.4 Å². The van der Waals surface area contributed by atoms with Crippen molar-refractivity contribution in [2.24, 2.45) is 5.73 Å². The number of H-pyrrole nitrogens is 1. The van der Waals surface area contributed by atoms with Gasteiger partial charge in [-0.15, -0.1) is 0 Å². The van der Waals surface area contributed by atoms with Gasteiger partial charge in [-0.2, -0.15) is 0 Å². The number of carbonyl (C=O) groups is 5. The van der Waals surface area contributed by atoms with Crippen LogP contribution in [0.3, 0.4) is 0 Å². The van der Waals surface area contributed by atoms with Crippen LogP contribution < -0.4 is 21.9 Å². The maximum Gasteiger partial charge on any atom is 0.278 e. The summed E-state index contributed by atoms with van der Waals surface area (Å²) in [7, 11) is 0. The number of unbranched alkanes of at least 4 members (excludes halogenated alkanes) is 6. The van der Waals surface area contributed by atoms with E-state index >= 15 is 0 Å². The molecule has 21 nitrogen and oxygen atoms in total. The van der Waals surface area contributed by atoms with Crippen LogP contribution in [-0.4, -0.2) is 137 Å². The Balaban J connectivity index is 0.000000517. The topological polar surface area (TPSA) is 299 Å². The van der Waals surface area contributed by atoms with Crippen LogP contribution in [0.5, 0.6) is 0 Å². The van der Waals surface area contributed by atoms with Crippen LogP contribution in [0, 0.1) is 0 Å². The molecule has 21 heteroatoms. The molecule has 0 spiro atoms. The van der Waals surface area contributed by atoms with Crippen molar-refractivity contribution >= 4 is 40.7 Å². The fraction of sp³-hybridized carbons (Fsp3) is 0.714. The van der Waals surface area contributed by atoms with Crippen LogP contribution in [-0.2, 0) is 28.7 Å². The molecule has 1 saturated heterocycles. The molecular formula is C35H60N10O11. The van der Waals surface area contributed by atoms with E-state index in [-0.39, 0.29) is 81.6 Å². The van der Waals surface area contributed by atoms with Crippen molar-refractivity contribution in [1.82, 2.24) is 45.3 Å². The third-order valence-electron chi connectivity index (χ3n) is 8.85. The lowest BCUT2D eigenvalue weighted by Gasteiger charge is -2.15. The van der Waals surface area contributed by atoms with Crippen molar-refractivity contribution in [2.45, 2.75) is 116 Å². The van der Waals surface area contributed by atoms with Gasteiger partial charge >= 0.3 is 0 Å². The van der Waals surface area contributed by atoms with Gasteiger partial charge in [-0.25, -0.2) is 25.2 Å². The highest BCUT2D eigenvalue weighted by Gasteiger charge is 2.27. The zero-order valence-corrected chi connectivity index (χ0v) is 32.3. The summed E-state index contributed by atoms with van der Waals surface area (Å²) in [5.41, 5.74) is 5.95. The van der Waals surface area contributed by atoms with Gasteiger partial charge in [0.05, 0.1) is 25.4 Å². The molecule has 316 valence electrons. The molecule has 0 radical (unpaired) electrons. The maximum absolute atomic E-state index is 12.0. The quantitative estimate of drug-likeness (QED) is 0.0390. The third-order valence-corrected chi connectivity index (χ3v) is 8.85. The number of nitrogens with one attached hydrogen (secondary N) is 3. The van der Waals surface area contributed by atoms with E-state index in [2.05, 4.69) is 25.6 Å². The number of aliphatic hydroxyl groups excluding tert-OH is 1. The number of ether oxygens (including phenoxy) is 1. The number of nitrogens with two attached hydrogens (primary N) is 1. The molecule has 0 aromatic carbocycles. The number of amides is 5. The monoisotopic (exact) mass is 796 g/mol. The number of hydrogen-bond donors (Lipinski definition) is 8. The number of aromatic amines is 1. The Bertz CT molecular complexity index is 1560. The average molecular weight is 797 g/mol. The molecular weight excluding hydrogens is 736 g/mol. The van der Waals surface area contributed by atoms with E-state index in [1.807, 2.05) is 0 Å². The lowest BCUT2D eigenvalue weighted by molar-refractivity contribution is -0.166. The highest BCUT2D eigenvalue weighted by Crippen LogP contribution is 2.29. The first kappa shape index (κ1) is 47.6. The molecule has 9 N–H and O–H groups in total. The summed E-state index contributed by atoms with van der Waals surface area (Å²) in [6, 6.07) is 0. The molecule has 2 atom stereocenters. The second-order valence-corrected chi connectivity index (χ2v) is 13.4. The van der Waals surface area contributed by atoms with Gasteiger partial charge in [0.25, 0.3) is 5.56 Å². The minimum absolute atomic E-state index is 0.0111. The van der Waals surface area contributed by atoms with Gasteiger partial charge in [0, 0.05) is 65.3 Å². The molecule has 1 aliphatic rings. The van der Waals surface area contributed by atoms with E-state index in [1.165, 1.54) is 13.3 Å². The number of imidazole rings is 1. The van der Waals surface area contributed by atoms with Crippen LogP contribution >= 0.6 is 0 Å². The van der Waals surface area contributed by atoms with E-state index in [1.54, 1.807) is 10.9 Å². The van der Waals surface area contributed by atoms with Gasteiger partial charge in [0.15, 0.2) is 11.2 Å². The van der Waals surface area contributed by atoms with E-state index in [4.69, 9.17) is 15.6 Å². The van der Waals surface area contributed by atoms with Crippen LogP contribution in [0.2, 0.25) is 0 Å². The smallest absolute Gasteiger partial charge is 0.278 e. The number of hydroxylamine groups is 6. The Kier molecular flexibility index (Phi) is 23.1. The number of carbonyl (C=O) groups excluding carboxylic acids is 5. The number of fused-ring (bicyclic) bond motifs is 1. The normalized spacial score (nSPS) is 14.8. The van der Waals surface area contributed by atoms with Crippen molar-refractivity contribution in [3.05, 3.63) is 23.0 Å². The minimum Gasteiger partial charge on any atom is -0.394 e. The van der Waals surface area contributed by atoms with Crippen molar-refractivity contribution in [1.29, 1.82) is 0 Å². The largest absolute Gasteiger partial charge is 0.394 e. The van der Waals surface area contributed by atoms with Crippen LogP contribution in [0.4, 0.5) is 0 Å². The van der Waals surface area contributed by atoms with E-state index < -0.39 is 17.7 Å². The number of aliphatic hydroxyl groups is 1. The highest BCUT2D eigenvalue weighted by atomic mass is 16.5. The predicted molar refractivity (Wildman–Crippen MR) is 200 cm³/mol. The molecule has 1 aliphatic heterocycles. The fourth-order valence-corrected chi connectivity index (χ4v) is 5.55. The molecule has 3 heterocycles. The Morgan fingerprint density at radius 2 is 1.34 bits per heavy atom. The van der Waals surface area contributed by atoms with Gasteiger partial charge in [-0.05, 0) is 70.8 Å². The van der Waals surface area contributed by atoms with E-state index in [0.29, 0.717) is 84.5 Å². The highest BCUT2D eigenvalue weighted by molar-refractivity contribution is 5.83. The zero-order chi connectivity index (χ0) is 41.3.